The number of aliphatic imine (C=N–C) groups is 1. The first kappa shape index (κ1) is 18.3. The lowest BCUT2D eigenvalue weighted by Crippen LogP contribution is -2.43. The lowest BCUT2D eigenvalue weighted by atomic mass is 10.1. The zero-order valence-electron chi connectivity index (χ0n) is 15.2. The molecule has 5 nitrogen and oxygen atoms in total. The Balaban J connectivity index is 2.08. The second-order valence-corrected chi connectivity index (χ2v) is 6.26. The Labute approximate surface area is 145 Å². The molecule has 1 unspecified atom stereocenters. The number of benzene rings is 1. The van der Waals surface area contributed by atoms with E-state index < -0.39 is 0 Å². The van der Waals surface area contributed by atoms with Gasteiger partial charge in [0.05, 0.1) is 19.7 Å². The molecular weight excluding hydrogens is 300 g/mol. The predicted octanol–water partition coefficient (Wildman–Crippen LogP) is 2.57. The van der Waals surface area contributed by atoms with Gasteiger partial charge in [-0.05, 0) is 51.6 Å². The Bertz CT molecular complexity index is 560. The van der Waals surface area contributed by atoms with Crippen LogP contribution in [0.1, 0.15) is 31.4 Å². The third-order valence-electron chi connectivity index (χ3n) is 4.22. The summed E-state index contributed by atoms with van der Waals surface area (Å²) in [5, 5.41) is 6.86. The number of nitrogens with one attached hydrogen (secondary N) is 2. The molecular formula is C19H30N4O. The fraction of sp³-hybridized carbons (Fsp3) is 0.526. The number of nitrogens with zero attached hydrogens (tertiary/aromatic N) is 2. The summed E-state index contributed by atoms with van der Waals surface area (Å²) in [6.45, 7) is 3.64. The quantitative estimate of drug-likeness (QED) is 0.458. The predicted molar refractivity (Wildman–Crippen MR) is 101 cm³/mol. The van der Waals surface area contributed by atoms with E-state index in [9.17, 15) is 0 Å². The molecule has 0 spiro atoms. The van der Waals surface area contributed by atoms with E-state index in [-0.39, 0.29) is 6.04 Å². The summed E-state index contributed by atoms with van der Waals surface area (Å²) in [5.41, 5.74) is 1.21. The van der Waals surface area contributed by atoms with Crippen LogP contribution in [-0.2, 0) is 0 Å². The third kappa shape index (κ3) is 5.27. The van der Waals surface area contributed by atoms with Crippen molar-refractivity contribution in [1.29, 1.82) is 0 Å². The molecule has 5 heteroatoms. The van der Waals surface area contributed by atoms with E-state index in [1.54, 1.807) is 7.11 Å². The average molecular weight is 330 g/mol. The van der Waals surface area contributed by atoms with Gasteiger partial charge >= 0.3 is 0 Å². The monoisotopic (exact) mass is 330 g/mol. The van der Waals surface area contributed by atoms with Crippen molar-refractivity contribution in [3.8, 4) is 5.75 Å². The molecule has 1 aliphatic rings. The molecule has 2 N–H and O–H groups in total. The van der Waals surface area contributed by atoms with E-state index in [4.69, 9.17) is 9.73 Å². The van der Waals surface area contributed by atoms with Gasteiger partial charge in [-0.1, -0.05) is 24.3 Å². The molecule has 0 bridgehead atoms. The maximum absolute atomic E-state index is 5.35. The van der Waals surface area contributed by atoms with Crippen LogP contribution in [0.3, 0.4) is 0 Å². The highest BCUT2D eigenvalue weighted by atomic mass is 16.5. The molecule has 0 aromatic heterocycles. The summed E-state index contributed by atoms with van der Waals surface area (Å²) in [7, 11) is 5.87. The van der Waals surface area contributed by atoms with Crippen LogP contribution in [0, 0.1) is 0 Å². The largest absolute Gasteiger partial charge is 0.497 e. The summed E-state index contributed by atoms with van der Waals surface area (Å²) in [6.07, 6.45) is 6.58. The minimum Gasteiger partial charge on any atom is -0.497 e. The van der Waals surface area contributed by atoms with Gasteiger partial charge in [0.25, 0.3) is 0 Å². The van der Waals surface area contributed by atoms with Crippen molar-refractivity contribution >= 4 is 5.96 Å². The van der Waals surface area contributed by atoms with E-state index in [2.05, 4.69) is 60.8 Å². The van der Waals surface area contributed by atoms with Crippen molar-refractivity contribution < 1.29 is 4.74 Å². The zero-order chi connectivity index (χ0) is 17.4. The molecule has 24 heavy (non-hydrogen) atoms. The van der Waals surface area contributed by atoms with Crippen molar-refractivity contribution in [3.05, 3.63) is 42.0 Å². The van der Waals surface area contributed by atoms with Crippen molar-refractivity contribution in [3.63, 3.8) is 0 Å². The number of ether oxygens (including phenoxy) is 1. The molecule has 0 saturated carbocycles. The van der Waals surface area contributed by atoms with Gasteiger partial charge in [0, 0.05) is 12.6 Å². The number of hydrogen-bond donors (Lipinski definition) is 2. The fourth-order valence-corrected chi connectivity index (χ4v) is 2.84. The Morgan fingerprint density at radius 2 is 2.08 bits per heavy atom. The van der Waals surface area contributed by atoms with E-state index in [0.29, 0.717) is 12.6 Å². The summed E-state index contributed by atoms with van der Waals surface area (Å²) in [4.78, 5) is 7.01. The minimum atomic E-state index is 0.206. The molecule has 1 aliphatic carbocycles. The average Bonchev–Trinajstić information content (AvgIpc) is 3.08. The molecule has 0 aliphatic heterocycles. The zero-order valence-corrected chi connectivity index (χ0v) is 15.2. The van der Waals surface area contributed by atoms with Crippen LogP contribution in [0.25, 0.3) is 0 Å². The van der Waals surface area contributed by atoms with E-state index in [1.165, 1.54) is 5.56 Å². The Kier molecular flexibility index (Phi) is 7.12. The topological polar surface area (TPSA) is 48.9 Å². The van der Waals surface area contributed by atoms with Crippen molar-refractivity contribution in [2.24, 2.45) is 4.99 Å². The SMILES string of the molecule is CCNC(=NCC(c1cccc(OC)c1)N(C)C)NC1CC=CC1. The molecule has 0 fully saturated rings. The molecule has 0 radical (unpaired) electrons. The molecule has 0 heterocycles. The summed E-state index contributed by atoms with van der Waals surface area (Å²) in [6, 6.07) is 8.88. The van der Waals surface area contributed by atoms with Crippen molar-refractivity contribution in [2.75, 3.05) is 34.3 Å². The normalized spacial score (nSPS) is 16.5. The summed E-state index contributed by atoms with van der Waals surface area (Å²) in [5.74, 6) is 1.77. The first-order chi connectivity index (χ1) is 11.6. The molecule has 0 amide bonds. The van der Waals surface area contributed by atoms with Gasteiger partial charge in [0.1, 0.15) is 5.75 Å². The maximum Gasteiger partial charge on any atom is 0.191 e. The van der Waals surface area contributed by atoms with Crippen molar-refractivity contribution in [1.82, 2.24) is 15.5 Å². The standard InChI is InChI=1S/C19H30N4O/c1-5-20-19(22-16-10-6-7-11-16)21-14-18(23(2)3)15-9-8-12-17(13-15)24-4/h6-9,12-13,16,18H,5,10-11,14H2,1-4H3,(H2,20,21,22). The van der Waals surface area contributed by atoms with E-state index in [0.717, 1.165) is 31.1 Å². The second kappa shape index (κ2) is 9.33. The van der Waals surface area contributed by atoms with Crippen LogP contribution in [-0.4, -0.2) is 51.2 Å². The van der Waals surface area contributed by atoms with Crippen LogP contribution >= 0.6 is 0 Å². The number of hydrogen-bond acceptors (Lipinski definition) is 3. The van der Waals surface area contributed by atoms with Crippen LogP contribution < -0.4 is 15.4 Å². The Hall–Kier alpha value is -2.01. The van der Waals surface area contributed by atoms with Crippen molar-refractivity contribution in [2.45, 2.75) is 31.8 Å². The van der Waals surface area contributed by atoms with Gasteiger partial charge in [0.2, 0.25) is 0 Å². The van der Waals surface area contributed by atoms with Gasteiger partial charge < -0.3 is 20.3 Å². The smallest absolute Gasteiger partial charge is 0.191 e. The van der Waals surface area contributed by atoms with Gasteiger partial charge in [-0.3, -0.25) is 4.99 Å². The Morgan fingerprint density at radius 3 is 2.71 bits per heavy atom. The van der Waals surface area contributed by atoms with Crippen LogP contribution in [0.2, 0.25) is 0 Å². The first-order valence-electron chi connectivity index (χ1n) is 8.64. The Morgan fingerprint density at radius 1 is 1.33 bits per heavy atom. The highest BCUT2D eigenvalue weighted by Crippen LogP contribution is 2.23. The van der Waals surface area contributed by atoms with E-state index >= 15 is 0 Å². The minimum absolute atomic E-state index is 0.206. The molecule has 0 saturated heterocycles. The second-order valence-electron chi connectivity index (χ2n) is 6.26. The lowest BCUT2D eigenvalue weighted by molar-refractivity contribution is 0.305. The molecule has 1 aromatic rings. The maximum atomic E-state index is 5.35. The van der Waals surface area contributed by atoms with Gasteiger partial charge in [0.15, 0.2) is 5.96 Å². The number of methoxy groups -OCH3 is 1. The van der Waals surface area contributed by atoms with Crippen LogP contribution in [0.5, 0.6) is 5.75 Å². The summed E-state index contributed by atoms with van der Waals surface area (Å²) >= 11 is 0. The molecule has 1 aromatic carbocycles. The number of guanidine groups is 1. The first-order valence-corrected chi connectivity index (χ1v) is 8.64. The van der Waals surface area contributed by atoms with E-state index in [1.807, 2.05) is 12.1 Å². The lowest BCUT2D eigenvalue weighted by Gasteiger charge is -2.24. The molecule has 2 rings (SSSR count). The fourth-order valence-electron chi connectivity index (χ4n) is 2.84. The highest BCUT2D eigenvalue weighted by molar-refractivity contribution is 5.80. The number of rotatable bonds is 7. The molecule has 1 atom stereocenters. The van der Waals surface area contributed by atoms with Gasteiger partial charge in [-0.15, -0.1) is 0 Å². The molecule has 132 valence electrons. The number of likely N-dealkylation sites (N-methyl/N-ethyl adjacent to an activating group) is 1. The van der Waals surface area contributed by atoms with Gasteiger partial charge in [-0.25, -0.2) is 0 Å². The summed E-state index contributed by atoms with van der Waals surface area (Å²) < 4.78 is 5.35. The third-order valence-corrected chi connectivity index (χ3v) is 4.22. The highest BCUT2D eigenvalue weighted by Gasteiger charge is 2.16. The van der Waals surface area contributed by atoms with Gasteiger partial charge in [-0.2, -0.15) is 0 Å². The van der Waals surface area contributed by atoms with Crippen LogP contribution in [0.15, 0.2) is 41.4 Å². The van der Waals surface area contributed by atoms with Crippen LogP contribution in [0.4, 0.5) is 0 Å².